The highest BCUT2D eigenvalue weighted by atomic mass is 35.5. The average Bonchev–Trinajstić information content (AvgIpc) is 2.73. The number of hydrogen-bond acceptors (Lipinski definition) is 4. The van der Waals surface area contributed by atoms with Crippen LogP contribution in [0.1, 0.15) is 27.5 Å². The van der Waals surface area contributed by atoms with E-state index in [-0.39, 0.29) is 0 Å². The van der Waals surface area contributed by atoms with Gasteiger partial charge in [0.1, 0.15) is 5.82 Å². The number of thiazole rings is 1. The van der Waals surface area contributed by atoms with Crippen LogP contribution in [-0.4, -0.2) is 17.0 Å². The van der Waals surface area contributed by atoms with Crippen molar-refractivity contribution in [3.05, 3.63) is 39.0 Å². The molecule has 2 aromatic rings. The molecule has 2 heterocycles. The molecule has 0 saturated carbocycles. The summed E-state index contributed by atoms with van der Waals surface area (Å²) in [5, 5.41) is 3.18. The normalized spacial score (nSPS) is 10.8. The summed E-state index contributed by atoms with van der Waals surface area (Å²) in [4.78, 5) is 11.2. The van der Waals surface area contributed by atoms with E-state index in [4.69, 9.17) is 11.6 Å². The molecule has 5 heteroatoms. The van der Waals surface area contributed by atoms with Crippen LogP contribution < -0.4 is 4.90 Å². The van der Waals surface area contributed by atoms with Crippen LogP contribution in [0.15, 0.2) is 11.4 Å². The number of nitrogens with zero attached hydrogens (tertiary/aromatic N) is 3. The first-order valence-corrected chi connectivity index (χ1v) is 7.58. The van der Waals surface area contributed by atoms with Crippen molar-refractivity contribution >= 4 is 28.8 Å². The molecule has 3 nitrogen and oxygen atoms in total. The first kappa shape index (κ1) is 14.3. The molecule has 0 unspecified atom stereocenters. The van der Waals surface area contributed by atoms with E-state index in [9.17, 15) is 0 Å². The van der Waals surface area contributed by atoms with E-state index < -0.39 is 0 Å². The fraction of sp³-hybridized carbons (Fsp3) is 0.429. The van der Waals surface area contributed by atoms with Crippen LogP contribution in [0.25, 0.3) is 0 Å². The Morgan fingerprint density at radius 2 is 2.00 bits per heavy atom. The van der Waals surface area contributed by atoms with Gasteiger partial charge in [-0.1, -0.05) is 0 Å². The molecule has 0 aliphatic carbocycles. The summed E-state index contributed by atoms with van der Waals surface area (Å²) >= 11 is 7.73. The van der Waals surface area contributed by atoms with Gasteiger partial charge in [-0.2, -0.15) is 0 Å². The second kappa shape index (κ2) is 5.88. The lowest BCUT2D eigenvalue weighted by molar-refractivity contribution is 0.856. The van der Waals surface area contributed by atoms with Crippen LogP contribution in [0.3, 0.4) is 0 Å². The van der Waals surface area contributed by atoms with E-state index in [2.05, 4.69) is 33.2 Å². The Bertz CT molecular complexity index is 580. The number of aryl methyl sites for hydroxylation is 3. The number of hydrogen-bond donors (Lipinski definition) is 0. The average molecular weight is 296 g/mol. The lowest BCUT2D eigenvalue weighted by Crippen LogP contribution is -2.20. The molecule has 0 spiro atoms. The van der Waals surface area contributed by atoms with E-state index in [0.717, 1.165) is 34.3 Å². The summed E-state index contributed by atoms with van der Waals surface area (Å²) in [6, 6.07) is 2.07. The van der Waals surface area contributed by atoms with Crippen molar-refractivity contribution in [2.75, 3.05) is 11.9 Å². The maximum atomic E-state index is 6.06. The molecule has 0 radical (unpaired) electrons. The number of rotatable bonds is 4. The summed E-state index contributed by atoms with van der Waals surface area (Å²) < 4.78 is 0. The first-order chi connectivity index (χ1) is 9.01. The minimum absolute atomic E-state index is 0.481. The third-order valence-electron chi connectivity index (χ3n) is 3.01. The second-order valence-electron chi connectivity index (χ2n) is 4.73. The Labute approximate surface area is 123 Å². The second-order valence-corrected chi connectivity index (χ2v) is 6.06. The molecule has 0 aliphatic rings. The number of halogens is 1. The predicted molar refractivity (Wildman–Crippen MR) is 82.2 cm³/mol. The standard InChI is InChI=1S/C14H18ClN3S/c1-9-5-10(2)16-14(13(9)6-15)18(4)7-12-8-19-11(3)17-12/h5,8H,6-7H2,1-4H3. The quantitative estimate of drug-likeness (QED) is 0.803. The predicted octanol–water partition coefficient (Wildman–Crippen LogP) is 3.84. The molecule has 2 rings (SSSR count). The van der Waals surface area contributed by atoms with Crippen molar-refractivity contribution in [1.29, 1.82) is 0 Å². The van der Waals surface area contributed by atoms with Gasteiger partial charge in [0.15, 0.2) is 0 Å². The van der Waals surface area contributed by atoms with Crippen molar-refractivity contribution in [2.24, 2.45) is 0 Å². The molecule has 19 heavy (non-hydrogen) atoms. The molecule has 0 amide bonds. The Morgan fingerprint density at radius 1 is 1.26 bits per heavy atom. The SMILES string of the molecule is Cc1cc(C)c(CCl)c(N(C)Cc2csc(C)n2)n1. The van der Waals surface area contributed by atoms with Gasteiger partial charge in [0.2, 0.25) is 0 Å². The molecular formula is C14H18ClN3S. The Kier molecular flexibility index (Phi) is 4.42. The molecule has 0 bridgehead atoms. The summed E-state index contributed by atoms with van der Waals surface area (Å²) in [5.74, 6) is 1.44. The van der Waals surface area contributed by atoms with Gasteiger partial charge >= 0.3 is 0 Å². The minimum atomic E-state index is 0.481. The molecule has 102 valence electrons. The van der Waals surface area contributed by atoms with Crippen LogP contribution in [0.5, 0.6) is 0 Å². The number of anilines is 1. The molecule has 0 fully saturated rings. The molecule has 0 atom stereocenters. The largest absolute Gasteiger partial charge is 0.353 e. The lowest BCUT2D eigenvalue weighted by Gasteiger charge is -2.21. The zero-order chi connectivity index (χ0) is 14.0. The fourth-order valence-electron chi connectivity index (χ4n) is 2.12. The Balaban J connectivity index is 2.30. The highest BCUT2D eigenvalue weighted by Gasteiger charge is 2.13. The molecule has 0 aliphatic heterocycles. The third-order valence-corrected chi connectivity index (χ3v) is 4.10. The summed E-state index contributed by atoms with van der Waals surface area (Å²) in [6.07, 6.45) is 0. The van der Waals surface area contributed by atoms with Crippen molar-refractivity contribution in [1.82, 2.24) is 9.97 Å². The molecule has 2 aromatic heterocycles. The van der Waals surface area contributed by atoms with Crippen LogP contribution in [0.2, 0.25) is 0 Å². The van der Waals surface area contributed by atoms with E-state index in [0.29, 0.717) is 5.88 Å². The van der Waals surface area contributed by atoms with Crippen LogP contribution in [0.4, 0.5) is 5.82 Å². The van der Waals surface area contributed by atoms with E-state index in [1.807, 2.05) is 20.9 Å². The van der Waals surface area contributed by atoms with Crippen molar-refractivity contribution in [2.45, 2.75) is 33.2 Å². The zero-order valence-electron chi connectivity index (χ0n) is 11.7. The zero-order valence-corrected chi connectivity index (χ0v) is 13.3. The van der Waals surface area contributed by atoms with Gasteiger partial charge in [0, 0.05) is 23.7 Å². The van der Waals surface area contributed by atoms with Gasteiger partial charge in [0.25, 0.3) is 0 Å². The van der Waals surface area contributed by atoms with Gasteiger partial charge in [-0.3, -0.25) is 0 Å². The summed E-state index contributed by atoms with van der Waals surface area (Å²) in [6.45, 7) is 6.86. The Hall–Kier alpha value is -1.13. The molecule has 0 N–H and O–H groups in total. The summed E-state index contributed by atoms with van der Waals surface area (Å²) in [5.41, 5.74) is 4.38. The molecular weight excluding hydrogens is 278 g/mol. The third kappa shape index (κ3) is 3.25. The maximum Gasteiger partial charge on any atom is 0.133 e. The smallest absolute Gasteiger partial charge is 0.133 e. The van der Waals surface area contributed by atoms with Crippen LogP contribution in [0, 0.1) is 20.8 Å². The fourth-order valence-corrected chi connectivity index (χ4v) is 3.06. The number of alkyl halides is 1. The van der Waals surface area contributed by atoms with Gasteiger partial charge in [-0.15, -0.1) is 22.9 Å². The van der Waals surface area contributed by atoms with Gasteiger partial charge in [0.05, 0.1) is 23.1 Å². The summed E-state index contributed by atoms with van der Waals surface area (Å²) in [7, 11) is 2.03. The molecule has 0 aromatic carbocycles. The van der Waals surface area contributed by atoms with E-state index in [1.165, 1.54) is 5.56 Å². The van der Waals surface area contributed by atoms with Crippen molar-refractivity contribution in [3.8, 4) is 0 Å². The lowest BCUT2D eigenvalue weighted by atomic mass is 10.1. The first-order valence-electron chi connectivity index (χ1n) is 6.16. The highest BCUT2D eigenvalue weighted by molar-refractivity contribution is 7.09. The Morgan fingerprint density at radius 3 is 2.58 bits per heavy atom. The van der Waals surface area contributed by atoms with Crippen LogP contribution in [-0.2, 0) is 12.4 Å². The van der Waals surface area contributed by atoms with Crippen molar-refractivity contribution < 1.29 is 0 Å². The van der Waals surface area contributed by atoms with Gasteiger partial charge in [-0.25, -0.2) is 9.97 Å². The minimum Gasteiger partial charge on any atom is -0.353 e. The van der Waals surface area contributed by atoms with Gasteiger partial charge in [-0.05, 0) is 32.4 Å². The maximum absolute atomic E-state index is 6.06. The number of pyridine rings is 1. The monoisotopic (exact) mass is 295 g/mol. The van der Waals surface area contributed by atoms with E-state index >= 15 is 0 Å². The molecule has 0 saturated heterocycles. The van der Waals surface area contributed by atoms with Crippen molar-refractivity contribution in [3.63, 3.8) is 0 Å². The highest BCUT2D eigenvalue weighted by Crippen LogP contribution is 2.25. The number of aromatic nitrogens is 2. The van der Waals surface area contributed by atoms with Gasteiger partial charge < -0.3 is 4.90 Å². The van der Waals surface area contributed by atoms with E-state index in [1.54, 1.807) is 11.3 Å². The topological polar surface area (TPSA) is 29.0 Å². The van der Waals surface area contributed by atoms with Crippen LogP contribution >= 0.6 is 22.9 Å².